The lowest BCUT2D eigenvalue weighted by atomic mass is 10.1. The molecule has 142 valence electrons. The van der Waals surface area contributed by atoms with Crippen molar-refractivity contribution in [3.63, 3.8) is 0 Å². The zero-order valence-electron chi connectivity index (χ0n) is 15.8. The first-order chi connectivity index (χ1) is 12.9. The van der Waals surface area contributed by atoms with Gasteiger partial charge >= 0.3 is 0 Å². The normalized spacial score (nSPS) is 15.6. The second kappa shape index (κ2) is 7.22. The molecule has 3 heterocycles. The quantitative estimate of drug-likeness (QED) is 0.626. The number of hydrogen-bond donors (Lipinski definition) is 0. The van der Waals surface area contributed by atoms with E-state index in [1.165, 1.54) is 11.3 Å². The average molecular weight is 403 g/mol. The van der Waals surface area contributed by atoms with E-state index in [1.807, 2.05) is 35.1 Å². The van der Waals surface area contributed by atoms with E-state index in [9.17, 15) is 0 Å². The third kappa shape index (κ3) is 3.59. The minimum Gasteiger partial charge on any atom is -0.369 e. The molecule has 0 bridgehead atoms. The SMILES string of the molecule is Cc1cc(C)n2c(=S)n(CN3CCN(c4cc(Cl)ccc4C)CC3)nc2n1. The summed E-state index contributed by atoms with van der Waals surface area (Å²) in [4.78, 5) is 9.28. The Morgan fingerprint density at radius 3 is 2.56 bits per heavy atom. The molecule has 1 aliphatic rings. The molecule has 0 aliphatic carbocycles. The summed E-state index contributed by atoms with van der Waals surface area (Å²) in [7, 11) is 0. The summed E-state index contributed by atoms with van der Waals surface area (Å²) < 4.78 is 4.52. The minimum atomic E-state index is 0.672. The van der Waals surface area contributed by atoms with E-state index >= 15 is 0 Å². The van der Waals surface area contributed by atoms with Crippen LogP contribution in [-0.2, 0) is 6.67 Å². The zero-order valence-corrected chi connectivity index (χ0v) is 17.4. The van der Waals surface area contributed by atoms with Crippen LogP contribution in [0.3, 0.4) is 0 Å². The largest absolute Gasteiger partial charge is 0.369 e. The Labute approximate surface area is 169 Å². The fourth-order valence-electron chi connectivity index (χ4n) is 3.67. The van der Waals surface area contributed by atoms with Crippen LogP contribution >= 0.6 is 23.8 Å². The molecule has 0 atom stereocenters. The van der Waals surface area contributed by atoms with Crippen LogP contribution in [0.4, 0.5) is 5.69 Å². The van der Waals surface area contributed by atoms with Crippen molar-refractivity contribution >= 4 is 35.3 Å². The summed E-state index contributed by atoms with van der Waals surface area (Å²) in [6, 6.07) is 8.11. The number of fused-ring (bicyclic) bond motifs is 1. The fourth-order valence-corrected chi connectivity index (χ4v) is 4.16. The summed E-state index contributed by atoms with van der Waals surface area (Å²) >= 11 is 11.8. The van der Waals surface area contributed by atoms with E-state index in [-0.39, 0.29) is 0 Å². The van der Waals surface area contributed by atoms with E-state index in [0.29, 0.717) is 17.2 Å². The molecule has 4 rings (SSSR count). The summed E-state index contributed by atoms with van der Waals surface area (Å²) in [6.45, 7) is 10.6. The molecule has 1 aliphatic heterocycles. The van der Waals surface area contributed by atoms with Crippen molar-refractivity contribution in [1.29, 1.82) is 0 Å². The van der Waals surface area contributed by atoms with Crippen LogP contribution in [0.2, 0.25) is 5.02 Å². The molecule has 8 heteroatoms. The molecule has 2 aromatic heterocycles. The molecule has 1 aromatic carbocycles. The van der Waals surface area contributed by atoms with Gasteiger partial charge in [-0.3, -0.25) is 9.30 Å². The number of hydrogen-bond acceptors (Lipinski definition) is 5. The number of aryl methyl sites for hydroxylation is 3. The third-order valence-corrected chi connectivity index (χ3v) is 5.72. The lowest BCUT2D eigenvalue weighted by Crippen LogP contribution is -2.47. The molecule has 3 aromatic rings. The standard InChI is InChI=1S/C19H23ClN6S/c1-13-4-5-16(20)11-17(13)24-8-6-23(7-9-24)12-25-19(27)26-15(3)10-14(2)21-18(26)22-25/h4-5,10-11H,6-9,12H2,1-3H3. The maximum atomic E-state index is 6.18. The van der Waals surface area contributed by atoms with Crippen molar-refractivity contribution in [2.75, 3.05) is 31.1 Å². The van der Waals surface area contributed by atoms with E-state index in [1.54, 1.807) is 0 Å². The molecule has 0 N–H and O–H groups in total. The van der Waals surface area contributed by atoms with Crippen LogP contribution in [0, 0.1) is 25.5 Å². The highest BCUT2D eigenvalue weighted by Gasteiger charge is 2.20. The summed E-state index contributed by atoms with van der Waals surface area (Å²) in [5, 5.41) is 5.41. The lowest BCUT2D eigenvalue weighted by Gasteiger charge is -2.36. The van der Waals surface area contributed by atoms with Crippen molar-refractivity contribution in [3.05, 3.63) is 51.0 Å². The summed E-state index contributed by atoms with van der Waals surface area (Å²) in [6.07, 6.45) is 0. The number of nitrogens with zero attached hydrogens (tertiary/aromatic N) is 6. The number of aromatic nitrogens is 4. The Morgan fingerprint density at radius 1 is 1.07 bits per heavy atom. The van der Waals surface area contributed by atoms with Crippen LogP contribution in [0.5, 0.6) is 0 Å². The molecule has 1 fully saturated rings. The first-order valence-electron chi connectivity index (χ1n) is 9.09. The van der Waals surface area contributed by atoms with Crippen LogP contribution < -0.4 is 4.90 Å². The van der Waals surface area contributed by atoms with Crippen LogP contribution in [0.15, 0.2) is 24.3 Å². The summed E-state index contributed by atoms with van der Waals surface area (Å²) in [5.41, 5.74) is 4.50. The molecule has 0 amide bonds. The van der Waals surface area contributed by atoms with Crippen LogP contribution in [0.25, 0.3) is 5.78 Å². The minimum absolute atomic E-state index is 0.672. The van der Waals surface area contributed by atoms with E-state index in [4.69, 9.17) is 23.8 Å². The monoisotopic (exact) mass is 402 g/mol. The Hall–Kier alpha value is -1.96. The highest BCUT2D eigenvalue weighted by atomic mass is 35.5. The molecular formula is C19H23ClN6S. The molecule has 0 saturated carbocycles. The highest BCUT2D eigenvalue weighted by Crippen LogP contribution is 2.25. The first kappa shape index (κ1) is 18.4. The number of piperazine rings is 1. The Kier molecular flexibility index (Phi) is 4.92. The van der Waals surface area contributed by atoms with Gasteiger partial charge in [-0.2, -0.15) is 0 Å². The van der Waals surface area contributed by atoms with Gasteiger partial charge in [-0.05, 0) is 56.8 Å². The topological polar surface area (TPSA) is 41.6 Å². The van der Waals surface area contributed by atoms with Gasteiger partial charge in [0.05, 0.1) is 6.67 Å². The van der Waals surface area contributed by atoms with Gasteiger partial charge in [-0.25, -0.2) is 9.67 Å². The molecule has 6 nitrogen and oxygen atoms in total. The lowest BCUT2D eigenvalue weighted by molar-refractivity contribution is 0.194. The van der Waals surface area contributed by atoms with Gasteiger partial charge in [-0.1, -0.05) is 17.7 Å². The van der Waals surface area contributed by atoms with Crippen molar-refractivity contribution < 1.29 is 0 Å². The van der Waals surface area contributed by atoms with Gasteiger partial charge in [0.1, 0.15) is 0 Å². The van der Waals surface area contributed by atoms with Gasteiger partial charge < -0.3 is 4.90 Å². The van der Waals surface area contributed by atoms with Gasteiger partial charge in [-0.15, -0.1) is 5.10 Å². The average Bonchev–Trinajstić information content (AvgIpc) is 2.93. The maximum absolute atomic E-state index is 6.18. The number of halogens is 1. The predicted molar refractivity (Wildman–Crippen MR) is 111 cm³/mol. The van der Waals surface area contributed by atoms with Crippen LogP contribution in [-0.4, -0.2) is 50.2 Å². The van der Waals surface area contributed by atoms with Crippen molar-refractivity contribution in [2.45, 2.75) is 27.4 Å². The van der Waals surface area contributed by atoms with Gasteiger partial charge in [0.2, 0.25) is 4.77 Å². The van der Waals surface area contributed by atoms with Gasteiger partial charge in [0.25, 0.3) is 5.78 Å². The molecule has 0 radical (unpaired) electrons. The number of anilines is 1. The van der Waals surface area contributed by atoms with E-state index < -0.39 is 0 Å². The molecular weight excluding hydrogens is 380 g/mol. The zero-order chi connectivity index (χ0) is 19.1. The highest BCUT2D eigenvalue weighted by molar-refractivity contribution is 7.71. The second-order valence-electron chi connectivity index (χ2n) is 7.13. The van der Waals surface area contributed by atoms with Crippen molar-refractivity contribution in [3.8, 4) is 0 Å². The predicted octanol–water partition coefficient (Wildman–Crippen LogP) is 3.62. The van der Waals surface area contributed by atoms with E-state index in [0.717, 1.165) is 42.6 Å². The van der Waals surface area contributed by atoms with Crippen molar-refractivity contribution in [2.24, 2.45) is 0 Å². The fraction of sp³-hybridized carbons (Fsp3) is 0.421. The smallest absolute Gasteiger partial charge is 0.254 e. The Bertz CT molecular complexity index is 1050. The Morgan fingerprint density at radius 2 is 1.81 bits per heavy atom. The maximum Gasteiger partial charge on any atom is 0.254 e. The Balaban J connectivity index is 1.49. The van der Waals surface area contributed by atoms with Crippen molar-refractivity contribution in [1.82, 2.24) is 24.1 Å². The third-order valence-electron chi connectivity index (χ3n) is 5.09. The van der Waals surface area contributed by atoms with Crippen LogP contribution in [0.1, 0.15) is 17.0 Å². The van der Waals surface area contributed by atoms with Gasteiger partial charge in [0, 0.05) is 48.3 Å². The number of rotatable bonds is 3. The molecule has 0 unspecified atom stereocenters. The second-order valence-corrected chi connectivity index (χ2v) is 7.94. The van der Waals surface area contributed by atoms with E-state index in [2.05, 4.69) is 38.9 Å². The molecule has 27 heavy (non-hydrogen) atoms. The molecule has 0 spiro atoms. The van der Waals surface area contributed by atoms with Gasteiger partial charge in [0.15, 0.2) is 0 Å². The summed E-state index contributed by atoms with van der Waals surface area (Å²) in [5.74, 6) is 0.672. The number of benzene rings is 1. The first-order valence-corrected chi connectivity index (χ1v) is 9.88. The molecule has 1 saturated heterocycles.